The highest BCUT2D eigenvalue weighted by molar-refractivity contribution is 5.73. The number of nitrogens with zero attached hydrogens (tertiary/aromatic N) is 5. The molecule has 122 valence electrons. The average Bonchev–Trinajstić information content (AvgIpc) is 3.16. The summed E-state index contributed by atoms with van der Waals surface area (Å²) in [6.45, 7) is 8.20. The maximum Gasteiger partial charge on any atom is 0.245 e. The average molecular weight is 313 g/mol. The van der Waals surface area contributed by atoms with Gasteiger partial charge in [-0.1, -0.05) is 13.8 Å². The molecule has 7 nitrogen and oxygen atoms in total. The number of aromatic amines is 1. The molecular weight excluding hydrogens is 290 g/mol. The van der Waals surface area contributed by atoms with E-state index in [2.05, 4.69) is 39.4 Å². The first kappa shape index (κ1) is 15.3. The van der Waals surface area contributed by atoms with E-state index in [1.54, 1.807) is 0 Å². The zero-order chi connectivity index (χ0) is 16.2. The highest BCUT2D eigenvalue weighted by atomic mass is 15.4. The SMILES string of the molecule is CCCN(CCC)c1nc(Nc2cc(C)[nH]n2)c2cccn2n1. The van der Waals surface area contributed by atoms with E-state index < -0.39 is 0 Å². The van der Waals surface area contributed by atoms with Crippen molar-refractivity contribution in [2.24, 2.45) is 0 Å². The molecule has 0 amide bonds. The van der Waals surface area contributed by atoms with E-state index in [1.807, 2.05) is 35.8 Å². The van der Waals surface area contributed by atoms with E-state index in [-0.39, 0.29) is 0 Å². The Labute approximate surface area is 135 Å². The summed E-state index contributed by atoms with van der Waals surface area (Å²) >= 11 is 0. The third-order valence-electron chi connectivity index (χ3n) is 3.60. The quantitative estimate of drug-likeness (QED) is 0.701. The Hall–Kier alpha value is -2.57. The van der Waals surface area contributed by atoms with Crippen molar-refractivity contribution in [2.75, 3.05) is 23.3 Å². The second-order valence-electron chi connectivity index (χ2n) is 5.65. The van der Waals surface area contributed by atoms with Crippen molar-refractivity contribution in [3.8, 4) is 0 Å². The van der Waals surface area contributed by atoms with Crippen LogP contribution in [-0.2, 0) is 0 Å². The van der Waals surface area contributed by atoms with Gasteiger partial charge in [-0.3, -0.25) is 5.10 Å². The van der Waals surface area contributed by atoms with Gasteiger partial charge < -0.3 is 10.2 Å². The molecule has 0 atom stereocenters. The van der Waals surface area contributed by atoms with Crippen LogP contribution in [0.2, 0.25) is 0 Å². The van der Waals surface area contributed by atoms with E-state index in [0.29, 0.717) is 0 Å². The molecule has 0 radical (unpaired) electrons. The van der Waals surface area contributed by atoms with Crippen molar-refractivity contribution in [1.29, 1.82) is 0 Å². The lowest BCUT2D eigenvalue weighted by atomic mass is 10.4. The number of rotatable bonds is 7. The number of anilines is 3. The molecule has 2 N–H and O–H groups in total. The minimum atomic E-state index is 0.743. The molecule has 3 aromatic rings. The van der Waals surface area contributed by atoms with Gasteiger partial charge in [0, 0.05) is 31.0 Å². The van der Waals surface area contributed by atoms with Gasteiger partial charge in [0.25, 0.3) is 0 Å². The second kappa shape index (κ2) is 6.68. The van der Waals surface area contributed by atoms with Crippen molar-refractivity contribution in [3.63, 3.8) is 0 Å². The Morgan fingerprint density at radius 1 is 1.26 bits per heavy atom. The third-order valence-corrected chi connectivity index (χ3v) is 3.60. The van der Waals surface area contributed by atoms with Crippen LogP contribution in [0.5, 0.6) is 0 Å². The van der Waals surface area contributed by atoms with E-state index in [1.165, 1.54) is 0 Å². The summed E-state index contributed by atoms with van der Waals surface area (Å²) in [7, 11) is 0. The molecule has 0 aromatic carbocycles. The standard InChI is InChI=1S/C16H23N7/c1-4-8-22(9-5-2)16-18-15(13-7-6-10-23(13)21-16)17-14-11-12(3)19-20-14/h6-7,10-11H,4-5,8-9H2,1-3H3,(H2,17,18,19,20,21). The number of aryl methyl sites for hydroxylation is 1. The van der Waals surface area contributed by atoms with Crippen molar-refractivity contribution >= 4 is 23.1 Å². The van der Waals surface area contributed by atoms with Gasteiger partial charge in [0.2, 0.25) is 5.95 Å². The molecule has 7 heteroatoms. The molecule has 3 aromatic heterocycles. The fraction of sp³-hybridized carbons (Fsp3) is 0.438. The van der Waals surface area contributed by atoms with Crippen LogP contribution in [-0.4, -0.2) is 37.9 Å². The van der Waals surface area contributed by atoms with Gasteiger partial charge in [-0.2, -0.15) is 10.1 Å². The first-order valence-corrected chi connectivity index (χ1v) is 8.10. The molecule has 3 heterocycles. The maximum atomic E-state index is 4.74. The van der Waals surface area contributed by atoms with Gasteiger partial charge in [-0.15, -0.1) is 5.10 Å². The van der Waals surface area contributed by atoms with Crippen LogP contribution in [0.25, 0.3) is 5.52 Å². The predicted octanol–water partition coefficient (Wildman–Crippen LogP) is 3.13. The van der Waals surface area contributed by atoms with Crippen molar-refractivity contribution in [1.82, 2.24) is 24.8 Å². The fourth-order valence-electron chi connectivity index (χ4n) is 2.60. The first-order valence-electron chi connectivity index (χ1n) is 8.10. The molecule has 0 bridgehead atoms. The molecule has 0 saturated heterocycles. The molecule has 0 aliphatic rings. The first-order chi connectivity index (χ1) is 11.2. The van der Waals surface area contributed by atoms with Crippen LogP contribution in [0.3, 0.4) is 0 Å². The summed E-state index contributed by atoms with van der Waals surface area (Å²) in [6.07, 6.45) is 4.07. The molecule has 23 heavy (non-hydrogen) atoms. The van der Waals surface area contributed by atoms with E-state index in [4.69, 9.17) is 4.98 Å². The van der Waals surface area contributed by atoms with Gasteiger partial charge in [0.15, 0.2) is 11.6 Å². The van der Waals surface area contributed by atoms with Crippen LogP contribution in [0.15, 0.2) is 24.4 Å². The van der Waals surface area contributed by atoms with Gasteiger partial charge in [-0.05, 0) is 31.9 Å². The summed E-state index contributed by atoms with van der Waals surface area (Å²) in [6, 6.07) is 5.92. The summed E-state index contributed by atoms with van der Waals surface area (Å²) in [5.41, 5.74) is 1.94. The molecule has 0 saturated carbocycles. The van der Waals surface area contributed by atoms with E-state index in [0.717, 1.165) is 54.7 Å². The molecular formula is C16H23N7. The number of fused-ring (bicyclic) bond motifs is 1. The Morgan fingerprint density at radius 3 is 2.70 bits per heavy atom. The normalized spacial score (nSPS) is 11.1. The Kier molecular flexibility index (Phi) is 4.45. The molecule has 0 spiro atoms. The Balaban J connectivity index is 1.99. The fourth-order valence-corrected chi connectivity index (χ4v) is 2.60. The Bertz CT molecular complexity index is 768. The summed E-state index contributed by atoms with van der Waals surface area (Å²) in [4.78, 5) is 6.97. The number of H-pyrrole nitrogens is 1. The molecule has 0 unspecified atom stereocenters. The van der Waals surface area contributed by atoms with E-state index in [9.17, 15) is 0 Å². The van der Waals surface area contributed by atoms with Crippen molar-refractivity contribution in [3.05, 3.63) is 30.1 Å². The highest BCUT2D eigenvalue weighted by Crippen LogP contribution is 2.22. The van der Waals surface area contributed by atoms with Crippen LogP contribution >= 0.6 is 0 Å². The van der Waals surface area contributed by atoms with Crippen LogP contribution in [0.4, 0.5) is 17.6 Å². The van der Waals surface area contributed by atoms with Gasteiger partial charge in [-0.25, -0.2) is 4.52 Å². The molecule has 3 rings (SSSR count). The summed E-state index contributed by atoms with van der Waals surface area (Å²) in [5, 5.41) is 15.1. The molecule has 0 fully saturated rings. The minimum absolute atomic E-state index is 0.743. The molecule has 0 aliphatic carbocycles. The van der Waals surface area contributed by atoms with E-state index >= 15 is 0 Å². The van der Waals surface area contributed by atoms with Crippen LogP contribution in [0.1, 0.15) is 32.4 Å². The van der Waals surface area contributed by atoms with Crippen LogP contribution < -0.4 is 10.2 Å². The Morgan fingerprint density at radius 2 is 2.04 bits per heavy atom. The zero-order valence-corrected chi connectivity index (χ0v) is 13.9. The van der Waals surface area contributed by atoms with Gasteiger partial charge in [0.05, 0.1) is 0 Å². The monoisotopic (exact) mass is 313 g/mol. The smallest absolute Gasteiger partial charge is 0.245 e. The van der Waals surface area contributed by atoms with Crippen LogP contribution in [0, 0.1) is 6.92 Å². The second-order valence-corrected chi connectivity index (χ2v) is 5.65. The highest BCUT2D eigenvalue weighted by Gasteiger charge is 2.14. The number of nitrogens with one attached hydrogen (secondary N) is 2. The number of aromatic nitrogens is 5. The minimum Gasteiger partial charge on any atom is -0.340 e. The summed E-state index contributed by atoms with van der Waals surface area (Å²) in [5.74, 6) is 2.27. The topological polar surface area (TPSA) is 74.1 Å². The van der Waals surface area contributed by atoms with Gasteiger partial charge in [0.1, 0.15) is 5.52 Å². The van der Waals surface area contributed by atoms with Gasteiger partial charge >= 0.3 is 0 Å². The summed E-state index contributed by atoms with van der Waals surface area (Å²) < 4.78 is 1.86. The predicted molar refractivity (Wildman–Crippen MR) is 92.4 cm³/mol. The molecule has 0 aliphatic heterocycles. The third kappa shape index (κ3) is 3.28. The number of hydrogen-bond acceptors (Lipinski definition) is 5. The van der Waals surface area contributed by atoms with Crippen molar-refractivity contribution in [2.45, 2.75) is 33.6 Å². The zero-order valence-electron chi connectivity index (χ0n) is 13.9. The van der Waals surface area contributed by atoms with Crippen molar-refractivity contribution < 1.29 is 0 Å². The lowest BCUT2D eigenvalue weighted by molar-refractivity contribution is 0.705. The lowest BCUT2D eigenvalue weighted by Gasteiger charge is -2.22. The lowest BCUT2D eigenvalue weighted by Crippen LogP contribution is -2.27. The maximum absolute atomic E-state index is 4.74. The number of hydrogen-bond donors (Lipinski definition) is 2. The largest absolute Gasteiger partial charge is 0.340 e.